The predicted octanol–water partition coefficient (Wildman–Crippen LogP) is 3.17. The summed E-state index contributed by atoms with van der Waals surface area (Å²) >= 11 is 1.41. The highest BCUT2D eigenvalue weighted by molar-refractivity contribution is 7.89. The normalized spacial score (nSPS) is 17.3. The Bertz CT molecular complexity index is 777. The van der Waals surface area contributed by atoms with Gasteiger partial charge in [0.05, 0.1) is 9.77 Å². The maximum atomic E-state index is 12.9. The molecule has 3 rings (SSSR count). The summed E-state index contributed by atoms with van der Waals surface area (Å²) in [4.78, 5) is 13.1. The lowest BCUT2D eigenvalue weighted by Crippen LogP contribution is -2.40. The van der Waals surface area contributed by atoms with Crippen molar-refractivity contribution in [1.82, 2.24) is 4.31 Å². The first-order valence-corrected chi connectivity index (χ1v) is 9.64. The SMILES string of the molecule is O=C(c1cccs1)C1CCN(S(=O)(=O)c2ccc(F)cc2)CC1. The largest absolute Gasteiger partial charge is 0.293 e. The van der Waals surface area contributed by atoms with Crippen LogP contribution in [0.25, 0.3) is 0 Å². The fourth-order valence-corrected chi connectivity index (χ4v) is 4.95. The average Bonchev–Trinajstić information content (AvgIpc) is 3.09. The maximum Gasteiger partial charge on any atom is 0.243 e. The number of benzene rings is 1. The molecule has 122 valence electrons. The van der Waals surface area contributed by atoms with Crippen LogP contribution in [0.2, 0.25) is 0 Å². The first kappa shape index (κ1) is 16.3. The molecule has 0 saturated carbocycles. The van der Waals surface area contributed by atoms with Crippen molar-refractivity contribution in [2.24, 2.45) is 5.92 Å². The zero-order valence-electron chi connectivity index (χ0n) is 12.3. The zero-order valence-corrected chi connectivity index (χ0v) is 13.9. The van der Waals surface area contributed by atoms with E-state index in [0.717, 1.165) is 17.0 Å². The van der Waals surface area contributed by atoms with Gasteiger partial charge in [-0.25, -0.2) is 12.8 Å². The molecule has 0 radical (unpaired) electrons. The number of hydrogen-bond acceptors (Lipinski definition) is 4. The molecular weight excluding hydrogens is 337 g/mol. The number of thiophene rings is 1. The van der Waals surface area contributed by atoms with E-state index < -0.39 is 15.8 Å². The molecule has 1 aliphatic heterocycles. The molecule has 0 atom stereocenters. The highest BCUT2D eigenvalue weighted by Crippen LogP contribution is 2.27. The van der Waals surface area contributed by atoms with Crippen molar-refractivity contribution in [3.05, 3.63) is 52.5 Å². The van der Waals surface area contributed by atoms with E-state index in [1.165, 1.54) is 27.8 Å². The molecule has 2 heterocycles. The molecule has 0 unspecified atom stereocenters. The van der Waals surface area contributed by atoms with E-state index in [9.17, 15) is 17.6 Å². The van der Waals surface area contributed by atoms with Gasteiger partial charge in [-0.1, -0.05) is 6.07 Å². The van der Waals surface area contributed by atoms with Gasteiger partial charge in [0.2, 0.25) is 10.0 Å². The van der Waals surface area contributed by atoms with Crippen LogP contribution in [0.1, 0.15) is 22.5 Å². The predicted molar refractivity (Wildman–Crippen MR) is 86.5 cm³/mol. The highest BCUT2D eigenvalue weighted by atomic mass is 32.2. The monoisotopic (exact) mass is 353 g/mol. The number of ketones is 1. The van der Waals surface area contributed by atoms with Crippen molar-refractivity contribution in [3.8, 4) is 0 Å². The molecule has 0 spiro atoms. The minimum atomic E-state index is -3.62. The number of nitrogens with zero attached hydrogens (tertiary/aromatic N) is 1. The molecule has 0 aliphatic carbocycles. The third kappa shape index (κ3) is 3.36. The lowest BCUT2D eigenvalue weighted by molar-refractivity contribution is 0.0879. The third-order valence-corrected chi connectivity index (χ3v) is 6.84. The molecule has 1 aromatic heterocycles. The fourth-order valence-electron chi connectivity index (χ4n) is 2.73. The van der Waals surface area contributed by atoms with Crippen molar-refractivity contribution >= 4 is 27.1 Å². The van der Waals surface area contributed by atoms with Crippen molar-refractivity contribution < 1.29 is 17.6 Å². The number of sulfonamides is 1. The van der Waals surface area contributed by atoms with Crippen LogP contribution < -0.4 is 0 Å². The Morgan fingerprint density at radius 2 is 1.78 bits per heavy atom. The van der Waals surface area contributed by atoms with Gasteiger partial charge >= 0.3 is 0 Å². The van der Waals surface area contributed by atoms with Crippen LogP contribution in [0.4, 0.5) is 4.39 Å². The van der Waals surface area contributed by atoms with E-state index in [2.05, 4.69) is 0 Å². The number of Topliss-reactive ketones (excluding diaryl/α,β-unsaturated/α-hetero) is 1. The Morgan fingerprint density at radius 1 is 1.13 bits per heavy atom. The quantitative estimate of drug-likeness (QED) is 0.794. The van der Waals surface area contributed by atoms with Gasteiger partial charge in [-0.15, -0.1) is 11.3 Å². The van der Waals surface area contributed by atoms with Crippen LogP contribution >= 0.6 is 11.3 Å². The Labute approximate surface area is 138 Å². The van der Waals surface area contributed by atoms with Gasteiger partial charge in [0, 0.05) is 19.0 Å². The number of hydrogen-bond donors (Lipinski definition) is 0. The number of halogens is 1. The molecule has 1 aliphatic rings. The number of carbonyl (C=O) groups excluding carboxylic acids is 1. The zero-order chi connectivity index (χ0) is 16.4. The summed E-state index contributed by atoms with van der Waals surface area (Å²) in [6.07, 6.45) is 1.02. The lowest BCUT2D eigenvalue weighted by atomic mass is 9.93. The molecule has 23 heavy (non-hydrogen) atoms. The number of piperidine rings is 1. The summed E-state index contributed by atoms with van der Waals surface area (Å²) in [5.74, 6) is -0.503. The van der Waals surface area contributed by atoms with Crippen molar-refractivity contribution in [2.75, 3.05) is 13.1 Å². The number of carbonyl (C=O) groups is 1. The van der Waals surface area contributed by atoms with Crippen LogP contribution in [0.15, 0.2) is 46.7 Å². The van der Waals surface area contributed by atoms with Gasteiger partial charge < -0.3 is 0 Å². The first-order valence-electron chi connectivity index (χ1n) is 7.32. The Balaban J connectivity index is 1.69. The van der Waals surface area contributed by atoms with E-state index >= 15 is 0 Å². The van der Waals surface area contributed by atoms with Gasteiger partial charge in [-0.3, -0.25) is 4.79 Å². The van der Waals surface area contributed by atoms with E-state index in [-0.39, 0.29) is 16.6 Å². The Hall–Kier alpha value is -1.57. The lowest BCUT2D eigenvalue weighted by Gasteiger charge is -2.30. The molecule has 4 nitrogen and oxygen atoms in total. The van der Waals surface area contributed by atoms with E-state index in [1.54, 1.807) is 6.07 Å². The minimum Gasteiger partial charge on any atom is -0.293 e. The van der Waals surface area contributed by atoms with Crippen LogP contribution in [0, 0.1) is 11.7 Å². The van der Waals surface area contributed by atoms with Gasteiger partial charge in [0.1, 0.15) is 5.82 Å². The molecule has 0 bridgehead atoms. The smallest absolute Gasteiger partial charge is 0.243 e. The van der Waals surface area contributed by atoms with Gasteiger partial charge in [0.15, 0.2) is 5.78 Å². The fraction of sp³-hybridized carbons (Fsp3) is 0.312. The summed E-state index contributed by atoms with van der Waals surface area (Å²) in [5, 5.41) is 1.86. The molecular formula is C16H16FNO3S2. The van der Waals surface area contributed by atoms with Crippen molar-refractivity contribution in [3.63, 3.8) is 0 Å². The van der Waals surface area contributed by atoms with E-state index in [4.69, 9.17) is 0 Å². The third-order valence-electron chi connectivity index (χ3n) is 4.04. The van der Waals surface area contributed by atoms with E-state index in [0.29, 0.717) is 25.9 Å². The molecule has 1 fully saturated rings. The number of rotatable bonds is 4. The molecule has 1 aromatic carbocycles. The average molecular weight is 353 g/mol. The summed E-state index contributed by atoms with van der Waals surface area (Å²) in [6.45, 7) is 0.614. The topological polar surface area (TPSA) is 54.5 Å². The van der Waals surface area contributed by atoms with Gasteiger partial charge in [-0.05, 0) is 48.6 Å². The second-order valence-electron chi connectivity index (χ2n) is 5.47. The van der Waals surface area contributed by atoms with Crippen LogP contribution in [-0.4, -0.2) is 31.6 Å². The summed E-state index contributed by atoms with van der Waals surface area (Å²) in [7, 11) is -3.62. The second kappa shape index (κ2) is 6.51. The summed E-state index contributed by atoms with van der Waals surface area (Å²) in [5.41, 5.74) is 0. The van der Waals surface area contributed by atoms with E-state index in [1.807, 2.05) is 11.4 Å². The first-order chi connectivity index (χ1) is 11.0. The van der Waals surface area contributed by atoms with Crippen molar-refractivity contribution in [2.45, 2.75) is 17.7 Å². The molecule has 2 aromatic rings. The van der Waals surface area contributed by atoms with Gasteiger partial charge in [-0.2, -0.15) is 4.31 Å². The van der Waals surface area contributed by atoms with Crippen LogP contribution in [0.5, 0.6) is 0 Å². The molecule has 0 N–H and O–H groups in total. The summed E-state index contributed by atoms with van der Waals surface area (Å²) < 4.78 is 39.4. The second-order valence-corrected chi connectivity index (χ2v) is 8.36. The Kier molecular flexibility index (Phi) is 4.61. The molecule has 7 heteroatoms. The summed E-state index contributed by atoms with van der Waals surface area (Å²) in [6, 6.07) is 8.46. The van der Waals surface area contributed by atoms with Crippen LogP contribution in [0.3, 0.4) is 0 Å². The van der Waals surface area contributed by atoms with Crippen LogP contribution in [-0.2, 0) is 10.0 Å². The highest BCUT2D eigenvalue weighted by Gasteiger charge is 2.32. The Morgan fingerprint density at radius 3 is 2.35 bits per heavy atom. The molecule has 1 saturated heterocycles. The minimum absolute atomic E-state index is 0.0851. The van der Waals surface area contributed by atoms with Gasteiger partial charge in [0.25, 0.3) is 0 Å². The maximum absolute atomic E-state index is 12.9. The molecule has 0 amide bonds. The standard InChI is InChI=1S/C16H16FNO3S2/c17-13-3-5-14(6-4-13)23(20,21)18-9-7-12(8-10-18)16(19)15-2-1-11-22-15/h1-6,11-12H,7-10H2. The van der Waals surface area contributed by atoms with Crippen molar-refractivity contribution in [1.29, 1.82) is 0 Å².